The highest BCUT2D eigenvalue weighted by molar-refractivity contribution is 5.91. The van der Waals surface area contributed by atoms with Gasteiger partial charge in [-0.15, -0.1) is 0 Å². The van der Waals surface area contributed by atoms with Crippen LogP contribution in [0, 0.1) is 6.92 Å². The van der Waals surface area contributed by atoms with Crippen molar-refractivity contribution in [2.75, 3.05) is 24.7 Å². The van der Waals surface area contributed by atoms with E-state index in [0.29, 0.717) is 5.69 Å². The summed E-state index contributed by atoms with van der Waals surface area (Å²) in [6.45, 7) is 0.950. The Morgan fingerprint density at radius 2 is 2.17 bits per heavy atom. The fourth-order valence-corrected chi connectivity index (χ4v) is 1.81. The van der Waals surface area contributed by atoms with Crippen LogP contribution in [-0.2, 0) is 10.8 Å². The van der Waals surface area contributed by atoms with Crippen LogP contribution in [0.3, 0.4) is 0 Å². The molecule has 0 amide bonds. The molecule has 0 spiro atoms. The molecule has 0 atom stereocenters. The van der Waals surface area contributed by atoms with E-state index in [4.69, 9.17) is 5.73 Å². The van der Waals surface area contributed by atoms with Crippen molar-refractivity contribution >= 4 is 17.9 Å². The number of nitrogens with zero attached hydrogens (tertiary/aromatic N) is 4. The van der Waals surface area contributed by atoms with Gasteiger partial charge >= 0.3 is 5.92 Å². The number of alkyl halides is 2. The van der Waals surface area contributed by atoms with Crippen LogP contribution in [0.5, 0.6) is 0 Å². The van der Waals surface area contributed by atoms with Crippen molar-refractivity contribution in [1.82, 2.24) is 15.0 Å². The second-order valence-corrected chi connectivity index (χ2v) is 4.66. The Labute approximate surface area is 131 Å². The minimum atomic E-state index is -3.18. The van der Waals surface area contributed by atoms with Crippen molar-refractivity contribution in [3.05, 3.63) is 41.5 Å². The van der Waals surface area contributed by atoms with E-state index >= 15 is 0 Å². The number of aryl methyl sites for hydroxylation is 1. The standard InChI is InChI=1S/C14H16F2N6O/c1-9-4-3-5-11(22-9)14(15,16)7-18-13-10(6-21-23-2)12(17)19-8-20-13/h3-6,8H,7H2,1-2H3,(H3,17,18,19,20)/b21-6+. The molecule has 0 aliphatic heterocycles. The molecule has 0 bridgehead atoms. The molecule has 0 unspecified atom stereocenters. The maximum Gasteiger partial charge on any atom is 0.306 e. The second-order valence-electron chi connectivity index (χ2n) is 4.66. The smallest absolute Gasteiger partial charge is 0.306 e. The molecule has 3 N–H and O–H groups in total. The van der Waals surface area contributed by atoms with Crippen LogP contribution in [-0.4, -0.2) is 34.8 Å². The van der Waals surface area contributed by atoms with Crippen LogP contribution in [0.4, 0.5) is 20.4 Å². The van der Waals surface area contributed by atoms with Gasteiger partial charge in [0.2, 0.25) is 0 Å². The van der Waals surface area contributed by atoms with Crippen molar-refractivity contribution in [3.8, 4) is 0 Å². The lowest BCUT2D eigenvalue weighted by molar-refractivity contribution is 0.00577. The van der Waals surface area contributed by atoms with Crippen LogP contribution >= 0.6 is 0 Å². The van der Waals surface area contributed by atoms with E-state index in [0.717, 1.165) is 0 Å². The number of hydrogen-bond donors (Lipinski definition) is 2. The first-order valence-corrected chi connectivity index (χ1v) is 6.67. The Hall–Kier alpha value is -2.84. The van der Waals surface area contributed by atoms with E-state index in [9.17, 15) is 8.78 Å². The van der Waals surface area contributed by atoms with E-state index in [1.165, 1.54) is 31.8 Å². The van der Waals surface area contributed by atoms with Gasteiger partial charge in [-0.3, -0.25) is 4.98 Å². The largest absolute Gasteiger partial charge is 0.399 e. The van der Waals surface area contributed by atoms with Gasteiger partial charge in [0.25, 0.3) is 0 Å². The number of nitrogens with two attached hydrogens (primary N) is 1. The topological polar surface area (TPSA) is 98.3 Å². The van der Waals surface area contributed by atoms with Gasteiger partial charge in [-0.2, -0.15) is 8.78 Å². The summed E-state index contributed by atoms with van der Waals surface area (Å²) in [7, 11) is 1.35. The Kier molecular flexibility index (Phi) is 4.99. The summed E-state index contributed by atoms with van der Waals surface area (Å²) in [6.07, 6.45) is 2.42. The van der Waals surface area contributed by atoms with Crippen LogP contribution in [0.1, 0.15) is 17.0 Å². The lowest BCUT2D eigenvalue weighted by Crippen LogP contribution is -2.27. The molecule has 9 heteroatoms. The molecule has 23 heavy (non-hydrogen) atoms. The number of nitrogen functional groups attached to an aromatic ring is 1. The predicted molar refractivity (Wildman–Crippen MR) is 82.4 cm³/mol. The number of pyridine rings is 1. The van der Waals surface area contributed by atoms with Crippen LogP contribution in [0.15, 0.2) is 29.7 Å². The molecule has 2 aromatic rings. The fourth-order valence-electron chi connectivity index (χ4n) is 1.81. The number of halogens is 2. The number of aromatic nitrogens is 3. The van der Waals surface area contributed by atoms with E-state index in [1.807, 2.05) is 0 Å². The fraction of sp³-hybridized carbons (Fsp3) is 0.286. The molecule has 0 fully saturated rings. The van der Waals surface area contributed by atoms with Crippen LogP contribution in [0.2, 0.25) is 0 Å². The van der Waals surface area contributed by atoms with Crippen LogP contribution in [0.25, 0.3) is 0 Å². The maximum atomic E-state index is 14.2. The predicted octanol–water partition coefficient (Wildman–Crippen LogP) is 1.95. The average Bonchev–Trinajstić information content (AvgIpc) is 2.52. The molecule has 0 saturated carbocycles. The SMILES string of the molecule is CO/N=C/c1c(N)ncnc1NCC(F)(F)c1cccc(C)n1. The summed E-state index contributed by atoms with van der Waals surface area (Å²) >= 11 is 0. The average molecular weight is 322 g/mol. The number of rotatable bonds is 6. The molecule has 2 aromatic heterocycles. The first-order chi connectivity index (χ1) is 10.9. The lowest BCUT2D eigenvalue weighted by Gasteiger charge is -2.18. The highest BCUT2D eigenvalue weighted by Gasteiger charge is 2.33. The van der Waals surface area contributed by atoms with E-state index in [-0.39, 0.29) is 22.9 Å². The molecule has 0 aromatic carbocycles. The van der Waals surface area contributed by atoms with Crippen molar-refractivity contribution in [3.63, 3.8) is 0 Å². The van der Waals surface area contributed by atoms with Gasteiger partial charge in [-0.1, -0.05) is 11.2 Å². The summed E-state index contributed by atoms with van der Waals surface area (Å²) < 4.78 is 28.5. The highest BCUT2D eigenvalue weighted by Crippen LogP contribution is 2.27. The van der Waals surface area contributed by atoms with Gasteiger partial charge < -0.3 is 15.9 Å². The van der Waals surface area contributed by atoms with Crippen molar-refractivity contribution < 1.29 is 13.6 Å². The van der Waals surface area contributed by atoms with Gasteiger partial charge in [0.1, 0.15) is 30.8 Å². The van der Waals surface area contributed by atoms with Gasteiger partial charge in [0.05, 0.1) is 18.3 Å². The molecule has 2 rings (SSSR count). The molecule has 0 saturated heterocycles. The molecule has 0 aliphatic carbocycles. The Balaban J connectivity index is 2.20. The van der Waals surface area contributed by atoms with Gasteiger partial charge in [0.15, 0.2) is 0 Å². The lowest BCUT2D eigenvalue weighted by atomic mass is 10.2. The zero-order valence-electron chi connectivity index (χ0n) is 12.6. The van der Waals surface area contributed by atoms with Crippen molar-refractivity contribution in [1.29, 1.82) is 0 Å². The number of oxime groups is 1. The molecule has 0 aliphatic rings. The third-order valence-electron chi connectivity index (χ3n) is 2.94. The summed E-state index contributed by atoms with van der Waals surface area (Å²) in [5, 5.41) is 6.11. The van der Waals surface area contributed by atoms with Gasteiger partial charge in [-0.25, -0.2) is 9.97 Å². The van der Waals surface area contributed by atoms with E-state index < -0.39 is 12.5 Å². The summed E-state index contributed by atoms with van der Waals surface area (Å²) in [5.41, 5.74) is 6.16. The minimum Gasteiger partial charge on any atom is -0.399 e. The zero-order valence-corrected chi connectivity index (χ0v) is 12.6. The first-order valence-electron chi connectivity index (χ1n) is 6.67. The quantitative estimate of drug-likeness (QED) is 0.623. The third kappa shape index (κ3) is 4.09. The monoisotopic (exact) mass is 322 g/mol. The van der Waals surface area contributed by atoms with Crippen LogP contribution < -0.4 is 11.1 Å². The Morgan fingerprint density at radius 3 is 2.87 bits per heavy atom. The van der Waals surface area contributed by atoms with Gasteiger partial charge in [-0.05, 0) is 19.1 Å². The Morgan fingerprint density at radius 1 is 1.39 bits per heavy atom. The summed E-state index contributed by atoms with van der Waals surface area (Å²) in [5.74, 6) is -2.95. The second kappa shape index (κ2) is 6.95. The molecule has 0 radical (unpaired) electrons. The van der Waals surface area contributed by atoms with E-state index in [2.05, 4.69) is 30.3 Å². The number of hydrogen-bond acceptors (Lipinski definition) is 7. The van der Waals surface area contributed by atoms with E-state index in [1.54, 1.807) is 13.0 Å². The maximum absolute atomic E-state index is 14.2. The highest BCUT2D eigenvalue weighted by atomic mass is 19.3. The third-order valence-corrected chi connectivity index (χ3v) is 2.94. The summed E-state index contributed by atoms with van der Waals surface area (Å²) in [4.78, 5) is 16.1. The molecule has 7 nitrogen and oxygen atoms in total. The Bertz CT molecular complexity index is 707. The number of nitrogens with one attached hydrogen (secondary N) is 1. The summed E-state index contributed by atoms with van der Waals surface area (Å²) in [6, 6.07) is 4.46. The number of anilines is 2. The van der Waals surface area contributed by atoms with Crippen molar-refractivity contribution in [2.24, 2.45) is 5.16 Å². The first kappa shape index (κ1) is 16.5. The zero-order chi connectivity index (χ0) is 16.9. The molecule has 2 heterocycles. The molecular weight excluding hydrogens is 306 g/mol. The molecule has 122 valence electrons. The molecular formula is C14H16F2N6O. The van der Waals surface area contributed by atoms with Crippen molar-refractivity contribution in [2.45, 2.75) is 12.8 Å². The normalized spacial score (nSPS) is 11.7. The van der Waals surface area contributed by atoms with Gasteiger partial charge in [0, 0.05) is 5.69 Å². The minimum absolute atomic E-state index is 0.0975.